The van der Waals surface area contributed by atoms with Crippen LogP contribution >= 0.6 is 0 Å². The molecule has 0 radical (unpaired) electrons. The van der Waals surface area contributed by atoms with E-state index >= 15 is 0 Å². The van der Waals surface area contributed by atoms with Crippen molar-refractivity contribution in [1.82, 2.24) is 24.6 Å². The van der Waals surface area contributed by atoms with Crippen molar-refractivity contribution in [1.29, 1.82) is 5.26 Å². The maximum atomic E-state index is 9.46. The van der Waals surface area contributed by atoms with Crippen LogP contribution < -0.4 is 5.32 Å². The third kappa shape index (κ3) is 3.35. The summed E-state index contributed by atoms with van der Waals surface area (Å²) in [5.74, 6) is 1.01. The smallest absolute Gasteiger partial charge is 0.166 e. The van der Waals surface area contributed by atoms with Gasteiger partial charge in [-0.25, -0.2) is 4.98 Å². The molecule has 0 bridgehead atoms. The van der Waals surface area contributed by atoms with Crippen LogP contribution in [0, 0.1) is 31.1 Å². The Kier molecular flexibility index (Phi) is 5.00. The van der Waals surface area contributed by atoms with Gasteiger partial charge in [-0.05, 0) is 51.8 Å². The van der Waals surface area contributed by atoms with Crippen LogP contribution in [-0.4, -0.2) is 44.8 Å². The Morgan fingerprint density at radius 3 is 2.80 bits per heavy atom. The molecule has 1 aliphatic rings. The number of nitrogens with zero attached hydrogens (tertiary/aromatic N) is 6. The van der Waals surface area contributed by atoms with E-state index in [9.17, 15) is 5.26 Å². The molecule has 1 N–H and O–H groups in total. The Morgan fingerprint density at radius 1 is 1.32 bits per heavy atom. The van der Waals surface area contributed by atoms with E-state index in [0.29, 0.717) is 23.3 Å². The Hall–Kier alpha value is -2.46. The normalized spacial score (nSPS) is 21.1. The first-order chi connectivity index (χ1) is 12.0. The molecular formula is C18H25N7. The minimum Gasteiger partial charge on any atom is -0.367 e. The number of imidazole rings is 1. The first-order valence-corrected chi connectivity index (χ1v) is 8.67. The molecule has 1 saturated heterocycles. The van der Waals surface area contributed by atoms with Gasteiger partial charge in [0.2, 0.25) is 0 Å². The van der Waals surface area contributed by atoms with Crippen molar-refractivity contribution in [2.75, 3.05) is 25.5 Å². The fourth-order valence-corrected chi connectivity index (χ4v) is 3.69. The second kappa shape index (κ2) is 7.19. The van der Waals surface area contributed by atoms with Crippen molar-refractivity contribution < 1.29 is 0 Å². The molecule has 2 atom stereocenters. The van der Waals surface area contributed by atoms with Gasteiger partial charge < -0.3 is 9.88 Å². The van der Waals surface area contributed by atoms with Gasteiger partial charge in [0.05, 0.1) is 23.8 Å². The molecule has 0 amide bonds. The van der Waals surface area contributed by atoms with E-state index in [4.69, 9.17) is 0 Å². The SMILES string of the molecule is Cc1nnc(NC[C@@H]2CCCN(C)[C@H]2c2cncn2C)c(C#N)c1C. The molecule has 1 fully saturated rings. The summed E-state index contributed by atoms with van der Waals surface area (Å²) in [6, 6.07) is 2.56. The molecule has 0 saturated carbocycles. The van der Waals surface area contributed by atoms with E-state index in [1.807, 2.05) is 33.4 Å². The summed E-state index contributed by atoms with van der Waals surface area (Å²) in [5, 5.41) is 21.2. The summed E-state index contributed by atoms with van der Waals surface area (Å²) in [6.45, 7) is 5.63. The van der Waals surface area contributed by atoms with Crippen LogP contribution in [-0.2, 0) is 7.05 Å². The van der Waals surface area contributed by atoms with E-state index < -0.39 is 0 Å². The number of likely N-dealkylation sites (tertiary alicyclic amines) is 1. The number of nitrogens with one attached hydrogen (secondary N) is 1. The lowest BCUT2D eigenvalue weighted by atomic mass is 9.87. The summed E-state index contributed by atoms with van der Waals surface area (Å²) in [6.07, 6.45) is 6.11. The first kappa shape index (κ1) is 17.4. The van der Waals surface area contributed by atoms with Gasteiger partial charge in [0, 0.05) is 19.8 Å². The summed E-state index contributed by atoms with van der Waals surface area (Å²) in [5.41, 5.74) is 3.51. The van der Waals surface area contributed by atoms with Crippen molar-refractivity contribution in [3.05, 3.63) is 35.0 Å². The third-order valence-corrected chi connectivity index (χ3v) is 5.26. The van der Waals surface area contributed by atoms with Gasteiger partial charge in [0.25, 0.3) is 0 Å². The number of piperidine rings is 1. The lowest BCUT2D eigenvalue weighted by Gasteiger charge is -2.39. The van der Waals surface area contributed by atoms with Crippen molar-refractivity contribution in [2.24, 2.45) is 13.0 Å². The van der Waals surface area contributed by atoms with Crippen LogP contribution in [0.25, 0.3) is 0 Å². The second-order valence-corrected chi connectivity index (χ2v) is 6.88. The minimum atomic E-state index is 0.304. The van der Waals surface area contributed by atoms with Crippen LogP contribution in [0.1, 0.15) is 41.4 Å². The van der Waals surface area contributed by atoms with Crippen LogP contribution in [0.4, 0.5) is 5.82 Å². The number of aromatic nitrogens is 4. The fourth-order valence-electron chi connectivity index (χ4n) is 3.69. The van der Waals surface area contributed by atoms with Crippen molar-refractivity contribution in [3.8, 4) is 6.07 Å². The van der Waals surface area contributed by atoms with Gasteiger partial charge in [-0.2, -0.15) is 10.4 Å². The molecule has 132 valence electrons. The maximum absolute atomic E-state index is 9.46. The lowest BCUT2D eigenvalue weighted by molar-refractivity contribution is 0.122. The molecule has 1 aliphatic heterocycles. The molecule has 2 aromatic rings. The highest BCUT2D eigenvalue weighted by Gasteiger charge is 2.32. The van der Waals surface area contributed by atoms with Gasteiger partial charge in [-0.3, -0.25) is 4.90 Å². The Morgan fingerprint density at radius 2 is 2.12 bits per heavy atom. The lowest BCUT2D eigenvalue weighted by Crippen LogP contribution is -2.40. The number of nitriles is 1. The molecule has 25 heavy (non-hydrogen) atoms. The second-order valence-electron chi connectivity index (χ2n) is 6.88. The summed E-state index contributed by atoms with van der Waals surface area (Å²) < 4.78 is 2.09. The summed E-state index contributed by atoms with van der Waals surface area (Å²) >= 11 is 0. The molecule has 3 rings (SSSR count). The van der Waals surface area contributed by atoms with E-state index in [2.05, 4.69) is 43.1 Å². The monoisotopic (exact) mass is 339 g/mol. The van der Waals surface area contributed by atoms with E-state index in [1.54, 1.807) is 0 Å². The van der Waals surface area contributed by atoms with Crippen LogP contribution in [0.5, 0.6) is 0 Å². The van der Waals surface area contributed by atoms with Gasteiger partial charge in [0.15, 0.2) is 5.82 Å². The van der Waals surface area contributed by atoms with Crippen LogP contribution in [0.15, 0.2) is 12.5 Å². The third-order valence-electron chi connectivity index (χ3n) is 5.26. The minimum absolute atomic E-state index is 0.304. The quantitative estimate of drug-likeness (QED) is 0.919. The van der Waals surface area contributed by atoms with Crippen molar-refractivity contribution in [3.63, 3.8) is 0 Å². The largest absolute Gasteiger partial charge is 0.367 e. The predicted molar refractivity (Wildman–Crippen MR) is 96.0 cm³/mol. The molecule has 2 aromatic heterocycles. The zero-order valence-electron chi connectivity index (χ0n) is 15.3. The molecule has 0 aliphatic carbocycles. The number of anilines is 1. The zero-order chi connectivity index (χ0) is 18.0. The maximum Gasteiger partial charge on any atom is 0.166 e. The van der Waals surface area contributed by atoms with Gasteiger partial charge >= 0.3 is 0 Å². The van der Waals surface area contributed by atoms with Gasteiger partial charge in [-0.15, -0.1) is 5.10 Å². The molecule has 7 heteroatoms. The standard InChI is InChI=1S/C18H25N7/c1-12-13(2)22-23-18(15(12)8-19)21-9-14-6-5-7-24(3)17(14)16-10-20-11-25(16)4/h10-11,14,17H,5-7,9H2,1-4H3,(H,21,23)/t14-,17+/m0/s1. The van der Waals surface area contributed by atoms with Gasteiger partial charge in [0.1, 0.15) is 11.6 Å². The highest BCUT2D eigenvalue weighted by molar-refractivity contribution is 5.55. The Balaban J connectivity index is 1.81. The fraction of sp³-hybridized carbons (Fsp3) is 0.556. The molecular weight excluding hydrogens is 314 g/mol. The molecule has 0 aromatic carbocycles. The highest BCUT2D eigenvalue weighted by Crippen LogP contribution is 2.35. The zero-order valence-corrected chi connectivity index (χ0v) is 15.3. The predicted octanol–water partition coefficient (Wildman–Crippen LogP) is 2.19. The average Bonchev–Trinajstić information content (AvgIpc) is 3.01. The summed E-state index contributed by atoms with van der Waals surface area (Å²) in [7, 11) is 4.21. The molecule has 7 nitrogen and oxygen atoms in total. The molecule has 0 unspecified atom stereocenters. The summed E-state index contributed by atoms with van der Waals surface area (Å²) in [4.78, 5) is 6.68. The van der Waals surface area contributed by atoms with E-state index in [-0.39, 0.29) is 0 Å². The number of aryl methyl sites for hydroxylation is 2. The topological polar surface area (TPSA) is 82.7 Å². The van der Waals surface area contributed by atoms with Crippen LogP contribution in [0.3, 0.4) is 0 Å². The van der Waals surface area contributed by atoms with E-state index in [1.165, 1.54) is 12.1 Å². The van der Waals surface area contributed by atoms with Crippen LogP contribution in [0.2, 0.25) is 0 Å². The molecule has 0 spiro atoms. The number of hydrogen-bond acceptors (Lipinski definition) is 6. The Labute approximate surface area is 148 Å². The molecule has 3 heterocycles. The number of hydrogen-bond donors (Lipinski definition) is 1. The first-order valence-electron chi connectivity index (χ1n) is 8.67. The van der Waals surface area contributed by atoms with Crippen molar-refractivity contribution in [2.45, 2.75) is 32.7 Å². The van der Waals surface area contributed by atoms with Crippen molar-refractivity contribution >= 4 is 5.82 Å². The highest BCUT2D eigenvalue weighted by atomic mass is 15.2. The number of rotatable bonds is 4. The van der Waals surface area contributed by atoms with Gasteiger partial charge in [-0.1, -0.05) is 0 Å². The Bertz CT molecular complexity index is 789. The average molecular weight is 339 g/mol. The van der Waals surface area contributed by atoms with E-state index in [0.717, 1.165) is 30.8 Å².